The minimum Gasteiger partial charge on any atom is -0.480 e. The number of hydrogen-bond acceptors (Lipinski definition) is 5. The van der Waals surface area contributed by atoms with Gasteiger partial charge in [0.25, 0.3) is 0 Å². The van der Waals surface area contributed by atoms with Gasteiger partial charge in [0.1, 0.15) is 6.04 Å². The van der Waals surface area contributed by atoms with Crippen molar-refractivity contribution in [3.63, 3.8) is 0 Å². The number of unbranched alkanes of at least 4 members (excludes halogenated alkanes) is 1. The van der Waals surface area contributed by atoms with Crippen LogP contribution in [0.2, 0.25) is 0 Å². The van der Waals surface area contributed by atoms with Gasteiger partial charge in [0.05, 0.1) is 0 Å². The molecule has 0 aliphatic heterocycles. The fraction of sp³-hybridized carbons (Fsp3) is 0.375. The maximum Gasteiger partial charge on any atom is 0.326 e. The molecule has 1 aliphatic carbocycles. The number of aromatic amines is 1. The van der Waals surface area contributed by atoms with Crippen LogP contribution >= 0.6 is 0 Å². The summed E-state index contributed by atoms with van der Waals surface area (Å²) in [4.78, 5) is 26.4. The number of amides is 1. The molecule has 166 valence electrons. The third kappa shape index (κ3) is 4.85. The number of carboxylic acids is 1. The topological polar surface area (TPSA) is 112 Å². The van der Waals surface area contributed by atoms with Gasteiger partial charge in [-0.2, -0.15) is 0 Å². The van der Waals surface area contributed by atoms with E-state index in [1.54, 1.807) is 4.90 Å². The van der Waals surface area contributed by atoms with Crippen LogP contribution in [0, 0.1) is 5.92 Å². The lowest BCUT2D eigenvalue weighted by molar-refractivity contribution is -0.152. The maximum atomic E-state index is 12.9. The van der Waals surface area contributed by atoms with Crippen LogP contribution < -0.4 is 0 Å². The van der Waals surface area contributed by atoms with E-state index in [4.69, 9.17) is 0 Å². The first-order valence-electron chi connectivity index (χ1n) is 11.0. The Morgan fingerprint density at radius 3 is 2.44 bits per heavy atom. The number of carbonyl (C=O) groups is 2. The molecule has 2 N–H and O–H groups in total. The number of carbonyl (C=O) groups excluding carboxylic acids is 1. The molecular weight excluding hydrogens is 406 g/mol. The van der Waals surface area contributed by atoms with Crippen molar-refractivity contribution in [1.29, 1.82) is 0 Å². The number of H-pyrrole nitrogens is 1. The molecule has 0 bridgehead atoms. The van der Waals surface area contributed by atoms with Crippen LogP contribution in [-0.2, 0) is 16.1 Å². The minimum atomic E-state index is -0.913. The second-order valence-electron chi connectivity index (χ2n) is 8.24. The molecule has 0 spiro atoms. The Morgan fingerprint density at radius 1 is 1.12 bits per heavy atom. The fourth-order valence-electron chi connectivity index (χ4n) is 4.02. The molecule has 8 heteroatoms. The molecule has 1 amide bonds. The van der Waals surface area contributed by atoms with Crippen molar-refractivity contribution in [3.8, 4) is 22.5 Å². The average molecular weight is 434 g/mol. The zero-order valence-corrected chi connectivity index (χ0v) is 18.1. The lowest BCUT2D eigenvalue weighted by Gasteiger charge is -2.29. The first kappa shape index (κ1) is 21.7. The molecule has 2 aromatic carbocycles. The number of tetrazole rings is 1. The maximum absolute atomic E-state index is 12.9. The van der Waals surface area contributed by atoms with Crippen molar-refractivity contribution >= 4 is 11.9 Å². The molecule has 3 aromatic rings. The van der Waals surface area contributed by atoms with Crippen molar-refractivity contribution in [3.05, 3.63) is 54.1 Å². The van der Waals surface area contributed by atoms with E-state index in [2.05, 4.69) is 20.6 Å². The van der Waals surface area contributed by atoms with Crippen LogP contribution in [0.15, 0.2) is 48.5 Å². The zero-order chi connectivity index (χ0) is 22.5. The van der Waals surface area contributed by atoms with Gasteiger partial charge >= 0.3 is 5.97 Å². The lowest BCUT2D eigenvalue weighted by Crippen LogP contribution is -2.46. The first-order chi connectivity index (χ1) is 15.6. The highest BCUT2D eigenvalue weighted by Gasteiger charge is 2.42. The second-order valence-corrected chi connectivity index (χ2v) is 8.24. The summed E-state index contributed by atoms with van der Waals surface area (Å²) < 4.78 is 0. The Bertz CT molecular complexity index is 1060. The number of aliphatic carboxylic acids is 1. The number of carboxylic acid groups (broad SMARTS) is 1. The van der Waals surface area contributed by atoms with Gasteiger partial charge in [-0.3, -0.25) is 4.79 Å². The Labute approximate surface area is 186 Å². The van der Waals surface area contributed by atoms with Gasteiger partial charge in [-0.05, 0) is 52.3 Å². The summed E-state index contributed by atoms with van der Waals surface area (Å²) in [7, 11) is 0. The summed E-state index contributed by atoms with van der Waals surface area (Å²) in [6.45, 7) is 2.32. The summed E-state index contributed by atoms with van der Waals surface area (Å²) in [5.41, 5.74) is 3.77. The quantitative estimate of drug-likeness (QED) is 0.501. The zero-order valence-electron chi connectivity index (χ0n) is 18.1. The largest absolute Gasteiger partial charge is 0.480 e. The molecule has 1 unspecified atom stereocenters. The van der Waals surface area contributed by atoms with E-state index in [9.17, 15) is 14.7 Å². The van der Waals surface area contributed by atoms with Gasteiger partial charge in [-0.15, -0.1) is 5.10 Å². The fourth-order valence-corrected chi connectivity index (χ4v) is 4.02. The van der Waals surface area contributed by atoms with Crippen LogP contribution in [0.1, 0.15) is 44.6 Å². The number of aromatic nitrogens is 4. The van der Waals surface area contributed by atoms with E-state index >= 15 is 0 Å². The van der Waals surface area contributed by atoms with Crippen molar-refractivity contribution in [2.24, 2.45) is 5.92 Å². The molecule has 1 heterocycles. The number of benzene rings is 2. The smallest absolute Gasteiger partial charge is 0.326 e. The predicted molar refractivity (Wildman–Crippen MR) is 119 cm³/mol. The van der Waals surface area contributed by atoms with Crippen molar-refractivity contribution in [2.75, 3.05) is 0 Å². The van der Waals surface area contributed by atoms with Crippen LogP contribution in [0.5, 0.6) is 0 Å². The van der Waals surface area contributed by atoms with Crippen LogP contribution in [0.3, 0.4) is 0 Å². The Hall–Kier alpha value is -3.55. The molecule has 32 heavy (non-hydrogen) atoms. The van der Waals surface area contributed by atoms with Crippen LogP contribution in [0.4, 0.5) is 0 Å². The molecule has 1 fully saturated rings. The number of rotatable bonds is 10. The number of nitrogens with zero attached hydrogens (tertiary/aromatic N) is 4. The van der Waals surface area contributed by atoms with Crippen molar-refractivity contribution < 1.29 is 14.7 Å². The van der Waals surface area contributed by atoms with Crippen LogP contribution in [0.25, 0.3) is 22.5 Å². The Kier molecular flexibility index (Phi) is 6.58. The third-order valence-corrected chi connectivity index (χ3v) is 5.87. The highest BCUT2D eigenvalue weighted by Crippen LogP contribution is 2.37. The van der Waals surface area contributed by atoms with Crippen LogP contribution in [-0.4, -0.2) is 48.5 Å². The molecule has 1 aromatic heterocycles. The SMILES string of the molecule is CCCCC(=O)N(Cc1ccc(-c2ccccc2-c2nnn[nH]2)cc1)C(C(=O)O)C1CC1. The monoisotopic (exact) mass is 433 g/mol. The lowest BCUT2D eigenvalue weighted by atomic mass is 9.98. The van der Waals surface area contributed by atoms with E-state index < -0.39 is 12.0 Å². The summed E-state index contributed by atoms with van der Waals surface area (Å²) in [6.07, 6.45) is 3.76. The minimum absolute atomic E-state index is 0.0553. The molecule has 1 atom stereocenters. The number of hydrogen-bond donors (Lipinski definition) is 2. The van der Waals surface area contributed by atoms with Gasteiger partial charge in [0.2, 0.25) is 5.91 Å². The van der Waals surface area contributed by atoms with Gasteiger partial charge < -0.3 is 10.0 Å². The summed E-state index contributed by atoms with van der Waals surface area (Å²) in [6, 6.07) is 15.0. The van der Waals surface area contributed by atoms with Crippen molar-refractivity contribution in [2.45, 2.75) is 51.6 Å². The van der Waals surface area contributed by atoms with Gasteiger partial charge in [0, 0.05) is 18.5 Å². The number of nitrogens with one attached hydrogen (secondary N) is 1. The molecule has 1 aliphatic rings. The third-order valence-electron chi connectivity index (χ3n) is 5.87. The molecule has 0 saturated heterocycles. The molecular formula is C24H27N5O3. The van der Waals surface area contributed by atoms with Gasteiger partial charge in [-0.1, -0.05) is 61.9 Å². The van der Waals surface area contributed by atoms with E-state index in [1.807, 2.05) is 55.5 Å². The Balaban J connectivity index is 1.58. The summed E-state index contributed by atoms with van der Waals surface area (Å²) >= 11 is 0. The molecule has 1 saturated carbocycles. The van der Waals surface area contributed by atoms with E-state index in [-0.39, 0.29) is 11.8 Å². The van der Waals surface area contributed by atoms with Crippen molar-refractivity contribution in [1.82, 2.24) is 25.5 Å². The average Bonchev–Trinajstić information content (AvgIpc) is 3.48. The first-order valence-corrected chi connectivity index (χ1v) is 11.0. The molecule has 4 rings (SSSR count). The van der Waals surface area contributed by atoms with Gasteiger partial charge in [-0.25, -0.2) is 9.89 Å². The molecule has 0 radical (unpaired) electrons. The Morgan fingerprint density at radius 2 is 1.84 bits per heavy atom. The highest BCUT2D eigenvalue weighted by atomic mass is 16.4. The summed E-state index contributed by atoms with van der Waals surface area (Å²) in [5, 5.41) is 23.9. The van der Waals surface area contributed by atoms with E-state index in [0.717, 1.165) is 47.9 Å². The second kappa shape index (κ2) is 9.72. The predicted octanol–water partition coefficient (Wildman–Crippen LogP) is 3.92. The standard InChI is InChI=1S/C24H27N5O3/c1-2-3-8-21(30)29(22(24(31)32)18-13-14-18)15-16-9-11-17(12-10-16)19-6-4-5-7-20(19)23-25-27-28-26-23/h4-7,9-12,18,22H,2-3,8,13-15H2,1H3,(H,31,32)(H,25,26,27,28). The van der Waals surface area contributed by atoms with Gasteiger partial charge in [0.15, 0.2) is 5.82 Å². The highest BCUT2D eigenvalue weighted by molar-refractivity contribution is 5.84. The van der Waals surface area contributed by atoms with E-state index in [0.29, 0.717) is 18.8 Å². The normalized spacial score (nSPS) is 14.2. The molecule has 8 nitrogen and oxygen atoms in total. The summed E-state index contributed by atoms with van der Waals surface area (Å²) in [5.74, 6) is -0.354. The van der Waals surface area contributed by atoms with E-state index in [1.165, 1.54) is 0 Å².